The van der Waals surface area contributed by atoms with Crippen molar-refractivity contribution in [2.75, 3.05) is 52.0 Å². The SMILES string of the molecule is COc1ccccc1C(=O)N[C@@H](CCSC)C(=O)NC[C@H](c1ccc(F)cc1)N1CCOCC1. The Balaban J connectivity index is 1.71. The molecule has 2 atom stereocenters. The van der Waals surface area contributed by atoms with Crippen LogP contribution in [-0.2, 0) is 9.53 Å². The van der Waals surface area contributed by atoms with Crippen molar-refractivity contribution >= 4 is 23.6 Å². The number of amides is 2. The summed E-state index contributed by atoms with van der Waals surface area (Å²) in [7, 11) is 1.51. The number of benzene rings is 2. The van der Waals surface area contributed by atoms with Gasteiger partial charge in [-0.15, -0.1) is 0 Å². The van der Waals surface area contributed by atoms with Crippen LogP contribution in [0.1, 0.15) is 28.4 Å². The first-order valence-electron chi connectivity index (χ1n) is 11.3. The number of carbonyl (C=O) groups excluding carboxylic acids is 2. The summed E-state index contributed by atoms with van der Waals surface area (Å²) in [6.45, 7) is 3.00. The molecule has 0 radical (unpaired) electrons. The molecule has 184 valence electrons. The molecule has 7 nitrogen and oxygen atoms in total. The van der Waals surface area contributed by atoms with Gasteiger partial charge < -0.3 is 20.1 Å². The molecule has 1 aliphatic heterocycles. The van der Waals surface area contributed by atoms with Crippen molar-refractivity contribution in [3.05, 3.63) is 65.5 Å². The van der Waals surface area contributed by atoms with Crippen LogP contribution in [0.4, 0.5) is 4.39 Å². The fourth-order valence-corrected chi connectivity index (χ4v) is 4.40. The first kappa shape index (κ1) is 26.0. The minimum Gasteiger partial charge on any atom is -0.496 e. The molecule has 1 saturated heterocycles. The third-order valence-electron chi connectivity index (χ3n) is 5.79. The van der Waals surface area contributed by atoms with E-state index in [1.54, 1.807) is 48.2 Å². The summed E-state index contributed by atoms with van der Waals surface area (Å²) < 4.78 is 24.2. The van der Waals surface area contributed by atoms with Gasteiger partial charge in [-0.25, -0.2) is 4.39 Å². The van der Waals surface area contributed by atoms with E-state index in [2.05, 4.69) is 15.5 Å². The zero-order valence-electron chi connectivity index (χ0n) is 19.6. The van der Waals surface area contributed by atoms with Crippen LogP contribution in [0.3, 0.4) is 0 Å². The van der Waals surface area contributed by atoms with Gasteiger partial charge in [-0.05, 0) is 48.3 Å². The normalized spacial score (nSPS) is 15.9. The Labute approximate surface area is 204 Å². The molecule has 3 rings (SSSR count). The molecule has 0 aliphatic carbocycles. The number of hydrogen-bond acceptors (Lipinski definition) is 6. The Kier molecular flexibility index (Phi) is 10.2. The quantitative estimate of drug-likeness (QED) is 0.505. The third-order valence-corrected chi connectivity index (χ3v) is 6.44. The number of thioether (sulfide) groups is 1. The highest BCUT2D eigenvalue weighted by atomic mass is 32.2. The lowest BCUT2D eigenvalue weighted by atomic mass is 10.0. The maximum absolute atomic E-state index is 13.5. The highest BCUT2D eigenvalue weighted by Crippen LogP contribution is 2.22. The van der Waals surface area contributed by atoms with Crippen LogP contribution in [0, 0.1) is 5.82 Å². The molecule has 0 spiro atoms. The second-order valence-corrected chi connectivity index (χ2v) is 8.95. The van der Waals surface area contributed by atoms with Crippen molar-refractivity contribution in [2.45, 2.75) is 18.5 Å². The number of carbonyl (C=O) groups is 2. The molecule has 9 heteroatoms. The molecular weight excluding hydrogens is 457 g/mol. The van der Waals surface area contributed by atoms with Crippen LogP contribution >= 0.6 is 11.8 Å². The lowest BCUT2D eigenvalue weighted by molar-refractivity contribution is -0.123. The number of ether oxygens (including phenoxy) is 2. The second-order valence-electron chi connectivity index (χ2n) is 7.97. The number of nitrogens with zero attached hydrogens (tertiary/aromatic N) is 1. The molecule has 1 heterocycles. The van der Waals surface area contributed by atoms with Gasteiger partial charge in [0.05, 0.1) is 31.9 Å². The van der Waals surface area contributed by atoms with Crippen LogP contribution in [0.5, 0.6) is 5.75 Å². The second kappa shape index (κ2) is 13.3. The Morgan fingerprint density at radius 1 is 1.15 bits per heavy atom. The standard InChI is InChI=1S/C25H32FN3O4S/c1-32-23-6-4-3-5-20(23)24(30)28-21(11-16-34-2)25(31)27-17-22(29-12-14-33-15-13-29)18-7-9-19(26)10-8-18/h3-10,21-22H,11-17H2,1-2H3,(H,27,31)(H,28,30)/t21-,22+/m0/s1. The van der Waals surface area contributed by atoms with E-state index in [9.17, 15) is 14.0 Å². The summed E-state index contributed by atoms with van der Waals surface area (Å²) in [6, 6.07) is 12.5. The van der Waals surface area contributed by atoms with Gasteiger partial charge in [-0.1, -0.05) is 24.3 Å². The molecular formula is C25H32FN3O4S. The number of halogens is 1. The van der Waals surface area contributed by atoms with Crippen LogP contribution in [-0.4, -0.2) is 74.7 Å². The molecule has 0 unspecified atom stereocenters. The number of morpholine rings is 1. The molecule has 1 aliphatic rings. The van der Waals surface area contributed by atoms with E-state index in [4.69, 9.17) is 9.47 Å². The Morgan fingerprint density at radius 2 is 1.85 bits per heavy atom. The van der Waals surface area contributed by atoms with E-state index >= 15 is 0 Å². The molecule has 2 aromatic rings. The minimum atomic E-state index is -0.691. The number of para-hydroxylation sites is 1. The lowest BCUT2D eigenvalue weighted by Gasteiger charge is -2.35. The summed E-state index contributed by atoms with van der Waals surface area (Å²) in [6.07, 6.45) is 2.45. The minimum absolute atomic E-state index is 0.125. The number of hydrogen-bond donors (Lipinski definition) is 2. The summed E-state index contributed by atoms with van der Waals surface area (Å²) in [5.41, 5.74) is 1.30. The van der Waals surface area contributed by atoms with E-state index in [1.807, 2.05) is 6.26 Å². The molecule has 0 bridgehead atoms. The molecule has 2 aromatic carbocycles. The van der Waals surface area contributed by atoms with Gasteiger partial charge in [0.1, 0.15) is 17.6 Å². The van der Waals surface area contributed by atoms with Crippen molar-refractivity contribution < 1.29 is 23.5 Å². The van der Waals surface area contributed by atoms with Crippen LogP contribution in [0.2, 0.25) is 0 Å². The predicted molar refractivity (Wildman–Crippen MR) is 132 cm³/mol. The zero-order valence-corrected chi connectivity index (χ0v) is 20.4. The van der Waals surface area contributed by atoms with E-state index in [0.29, 0.717) is 37.5 Å². The zero-order chi connectivity index (χ0) is 24.3. The van der Waals surface area contributed by atoms with E-state index in [-0.39, 0.29) is 23.7 Å². The Bertz CT molecular complexity index is 938. The average Bonchev–Trinajstić information content (AvgIpc) is 2.88. The van der Waals surface area contributed by atoms with Gasteiger partial charge in [-0.3, -0.25) is 14.5 Å². The maximum atomic E-state index is 13.5. The largest absolute Gasteiger partial charge is 0.496 e. The fraction of sp³-hybridized carbons (Fsp3) is 0.440. The third kappa shape index (κ3) is 7.19. The van der Waals surface area contributed by atoms with Gasteiger partial charge in [0.15, 0.2) is 0 Å². The van der Waals surface area contributed by atoms with Gasteiger partial charge in [0, 0.05) is 19.6 Å². The van der Waals surface area contributed by atoms with Crippen LogP contribution < -0.4 is 15.4 Å². The number of nitrogens with one attached hydrogen (secondary N) is 2. The van der Waals surface area contributed by atoms with E-state index < -0.39 is 6.04 Å². The fourth-order valence-electron chi connectivity index (χ4n) is 3.93. The lowest BCUT2D eigenvalue weighted by Crippen LogP contribution is -2.50. The van der Waals surface area contributed by atoms with Crippen molar-refractivity contribution in [2.24, 2.45) is 0 Å². The summed E-state index contributed by atoms with van der Waals surface area (Å²) in [5, 5.41) is 5.88. The summed E-state index contributed by atoms with van der Waals surface area (Å²) >= 11 is 1.61. The smallest absolute Gasteiger partial charge is 0.255 e. The van der Waals surface area contributed by atoms with Gasteiger partial charge >= 0.3 is 0 Å². The van der Waals surface area contributed by atoms with Crippen LogP contribution in [0.15, 0.2) is 48.5 Å². The van der Waals surface area contributed by atoms with Gasteiger partial charge in [0.25, 0.3) is 5.91 Å². The summed E-state index contributed by atoms with van der Waals surface area (Å²) in [4.78, 5) is 28.3. The van der Waals surface area contributed by atoms with Gasteiger partial charge in [-0.2, -0.15) is 11.8 Å². The molecule has 0 saturated carbocycles. The van der Waals surface area contributed by atoms with Crippen molar-refractivity contribution in [1.82, 2.24) is 15.5 Å². The summed E-state index contributed by atoms with van der Waals surface area (Å²) in [5.74, 6) is 0.256. The average molecular weight is 490 g/mol. The van der Waals surface area contributed by atoms with Crippen molar-refractivity contribution in [3.8, 4) is 5.75 Å². The predicted octanol–water partition coefficient (Wildman–Crippen LogP) is 2.88. The molecule has 2 amide bonds. The maximum Gasteiger partial charge on any atom is 0.255 e. The van der Waals surface area contributed by atoms with Crippen LogP contribution in [0.25, 0.3) is 0 Å². The van der Waals surface area contributed by atoms with Crippen molar-refractivity contribution in [3.63, 3.8) is 0 Å². The van der Waals surface area contributed by atoms with E-state index in [0.717, 1.165) is 24.4 Å². The van der Waals surface area contributed by atoms with Gasteiger partial charge in [0.2, 0.25) is 5.91 Å². The first-order chi connectivity index (χ1) is 16.5. The first-order valence-corrected chi connectivity index (χ1v) is 12.7. The molecule has 0 aromatic heterocycles. The monoisotopic (exact) mass is 489 g/mol. The Morgan fingerprint density at radius 3 is 2.53 bits per heavy atom. The van der Waals surface area contributed by atoms with Crippen molar-refractivity contribution in [1.29, 1.82) is 0 Å². The topological polar surface area (TPSA) is 79.9 Å². The Hall–Kier alpha value is -2.62. The number of methoxy groups -OCH3 is 1. The highest BCUT2D eigenvalue weighted by Gasteiger charge is 2.26. The highest BCUT2D eigenvalue weighted by molar-refractivity contribution is 7.98. The molecule has 1 fully saturated rings. The molecule has 2 N–H and O–H groups in total. The van der Waals surface area contributed by atoms with E-state index in [1.165, 1.54) is 19.2 Å². The number of rotatable bonds is 11. The molecule has 34 heavy (non-hydrogen) atoms.